The molecule has 2 amide bonds. The zero-order chi connectivity index (χ0) is 30.0. The molecule has 1 aliphatic carbocycles. The number of methoxy groups -OCH3 is 1. The van der Waals surface area contributed by atoms with Crippen LogP contribution in [0.25, 0.3) is 6.08 Å². The fourth-order valence-corrected chi connectivity index (χ4v) is 7.34. The highest BCUT2D eigenvalue weighted by atomic mass is 127. The van der Waals surface area contributed by atoms with Crippen LogP contribution in [-0.2, 0) is 14.2 Å². The number of halogens is 1. The maximum absolute atomic E-state index is 13.3. The second kappa shape index (κ2) is 13.2. The van der Waals surface area contributed by atoms with E-state index in [1.807, 2.05) is 42.5 Å². The monoisotopic (exact) mass is 685 g/mol. The Bertz CT molecular complexity index is 1390. The van der Waals surface area contributed by atoms with Crippen LogP contribution in [-0.4, -0.2) is 60.8 Å². The molecule has 5 rings (SSSR count). The molecule has 3 aliphatic rings. The van der Waals surface area contributed by atoms with E-state index >= 15 is 0 Å². The maximum Gasteiger partial charge on any atom is 0.455 e. The number of allylic oxidation sites excluding steroid dienone is 1. The molecule has 0 saturated carbocycles. The van der Waals surface area contributed by atoms with Crippen molar-refractivity contribution in [2.24, 2.45) is 17.8 Å². The van der Waals surface area contributed by atoms with Gasteiger partial charge in [-0.1, -0.05) is 43.2 Å². The van der Waals surface area contributed by atoms with Crippen molar-refractivity contribution >= 4 is 47.6 Å². The lowest BCUT2D eigenvalue weighted by Gasteiger charge is -2.43. The van der Waals surface area contributed by atoms with E-state index in [1.165, 1.54) is 17.6 Å². The molecule has 42 heavy (non-hydrogen) atoms. The fourth-order valence-electron chi connectivity index (χ4n) is 6.72. The number of ether oxygens (including phenoxy) is 2. The molecule has 0 radical (unpaired) electrons. The highest BCUT2D eigenvalue weighted by molar-refractivity contribution is 14.1. The van der Waals surface area contributed by atoms with Gasteiger partial charge < -0.3 is 24.3 Å². The molecule has 2 aromatic carbocycles. The molecule has 2 aliphatic heterocycles. The quantitative estimate of drug-likeness (QED) is 0.148. The van der Waals surface area contributed by atoms with Crippen molar-refractivity contribution in [3.05, 3.63) is 68.3 Å². The minimum absolute atomic E-state index is 0.126. The summed E-state index contributed by atoms with van der Waals surface area (Å²) in [7, 11) is 2.07. The first-order valence-electron chi connectivity index (χ1n) is 14.5. The third kappa shape index (κ3) is 6.26. The van der Waals surface area contributed by atoms with E-state index in [0.29, 0.717) is 28.8 Å². The van der Waals surface area contributed by atoms with Crippen LogP contribution >= 0.6 is 22.6 Å². The molecule has 222 valence electrons. The first-order valence-corrected chi connectivity index (χ1v) is 15.6. The molecule has 10 heteroatoms. The van der Waals surface area contributed by atoms with Crippen molar-refractivity contribution in [3.8, 4) is 17.2 Å². The van der Waals surface area contributed by atoms with E-state index in [2.05, 4.69) is 35.6 Å². The predicted molar refractivity (Wildman–Crippen MR) is 169 cm³/mol. The molecule has 4 atom stereocenters. The van der Waals surface area contributed by atoms with Gasteiger partial charge in [-0.05, 0) is 101 Å². The number of nitrogens with zero attached hydrogens (tertiary/aromatic N) is 1. The Morgan fingerprint density at radius 3 is 2.64 bits per heavy atom. The Morgan fingerprint density at radius 2 is 1.93 bits per heavy atom. The minimum Gasteiger partial charge on any atom is -0.504 e. The Kier molecular flexibility index (Phi) is 9.64. The normalized spacial score (nSPS) is 24.2. The van der Waals surface area contributed by atoms with Gasteiger partial charge in [-0.25, -0.2) is 0 Å². The number of carbonyl (C=O) groups is 2. The number of phenolic OH excluding ortho intramolecular Hbond substituents is 1. The van der Waals surface area contributed by atoms with Crippen LogP contribution < -0.4 is 9.47 Å². The van der Waals surface area contributed by atoms with Gasteiger partial charge in [0.1, 0.15) is 12.4 Å². The van der Waals surface area contributed by atoms with Gasteiger partial charge in [-0.3, -0.25) is 14.5 Å². The number of hydrogen-bond donors (Lipinski definition) is 2. The molecule has 0 aromatic heterocycles. The molecule has 0 spiro atoms. The largest absolute Gasteiger partial charge is 0.504 e. The molecule has 2 heterocycles. The number of phenols is 1. The van der Waals surface area contributed by atoms with Crippen LogP contribution in [0.3, 0.4) is 0 Å². The summed E-state index contributed by atoms with van der Waals surface area (Å²) < 4.78 is 18.4. The molecule has 2 fully saturated rings. The Labute approximate surface area is 261 Å². The highest BCUT2D eigenvalue weighted by Crippen LogP contribution is 2.50. The number of imide groups is 1. The number of aromatic hydroxyl groups is 1. The maximum atomic E-state index is 13.3. The van der Waals surface area contributed by atoms with Crippen LogP contribution in [0.5, 0.6) is 17.2 Å². The lowest BCUT2D eigenvalue weighted by atomic mass is 9.58. The van der Waals surface area contributed by atoms with Crippen molar-refractivity contribution in [3.63, 3.8) is 0 Å². The number of amides is 2. The first-order chi connectivity index (χ1) is 20.2. The third-order valence-corrected chi connectivity index (χ3v) is 9.45. The third-order valence-electron chi connectivity index (χ3n) is 8.62. The molecular formula is C32H37BINO7. The zero-order valence-corrected chi connectivity index (χ0v) is 26.4. The highest BCUT2D eigenvalue weighted by Gasteiger charge is 2.56. The molecule has 2 N–H and O–H groups in total. The van der Waals surface area contributed by atoms with Gasteiger partial charge >= 0.3 is 7.12 Å². The van der Waals surface area contributed by atoms with E-state index in [-0.39, 0.29) is 29.8 Å². The number of fused-ring (bicyclic) bond motifs is 3. The Balaban J connectivity index is 1.46. The smallest absolute Gasteiger partial charge is 0.455 e. The van der Waals surface area contributed by atoms with Crippen LogP contribution in [0.4, 0.5) is 0 Å². The van der Waals surface area contributed by atoms with Gasteiger partial charge in [0.05, 0.1) is 28.6 Å². The molecule has 0 unspecified atom stereocenters. The van der Waals surface area contributed by atoms with E-state index < -0.39 is 25.1 Å². The van der Waals surface area contributed by atoms with E-state index in [9.17, 15) is 19.7 Å². The summed E-state index contributed by atoms with van der Waals surface area (Å²) in [6.45, 7) is 2.43. The number of likely N-dealkylation sites (tertiary alicyclic amines) is 1. The number of para-hydroxylation sites is 1. The van der Waals surface area contributed by atoms with Gasteiger partial charge in [0, 0.05) is 7.05 Å². The van der Waals surface area contributed by atoms with Crippen molar-refractivity contribution in [1.82, 2.24) is 4.90 Å². The zero-order valence-electron chi connectivity index (χ0n) is 24.2. The van der Waals surface area contributed by atoms with Crippen LogP contribution in [0.1, 0.15) is 44.6 Å². The number of benzene rings is 2. The Hall–Kier alpha value is -2.83. The number of rotatable bonds is 10. The van der Waals surface area contributed by atoms with Crippen molar-refractivity contribution in [2.75, 3.05) is 20.8 Å². The van der Waals surface area contributed by atoms with Crippen LogP contribution in [0.2, 0.25) is 6.32 Å². The number of hydrogen-bond acceptors (Lipinski definition) is 7. The second-order valence-corrected chi connectivity index (χ2v) is 12.5. The molecule has 2 saturated heterocycles. The predicted octanol–water partition coefficient (Wildman–Crippen LogP) is 5.47. The minimum atomic E-state index is -1.02. The van der Waals surface area contributed by atoms with Gasteiger partial charge in [-0.2, -0.15) is 0 Å². The van der Waals surface area contributed by atoms with Crippen molar-refractivity contribution in [1.29, 1.82) is 0 Å². The molecular weight excluding hydrogens is 648 g/mol. The summed E-state index contributed by atoms with van der Waals surface area (Å²) >= 11 is 2.10. The summed E-state index contributed by atoms with van der Waals surface area (Å²) in [5, 5.41) is 21.1. The molecule has 8 nitrogen and oxygen atoms in total. The lowest BCUT2D eigenvalue weighted by molar-refractivity contribution is -0.138. The SMILES string of the molecule is CCC/C(=C\c1cc(I)c(O)c(OC)c1)CC[C@H]1OB(O)C[C@H]2C1=C(COc1ccccc1)C[C@H]1C(=O)N(C)C(=O)[C@H]12. The summed E-state index contributed by atoms with van der Waals surface area (Å²) in [4.78, 5) is 27.6. The van der Waals surface area contributed by atoms with E-state index in [0.717, 1.165) is 41.7 Å². The lowest BCUT2D eigenvalue weighted by Crippen LogP contribution is -2.46. The van der Waals surface area contributed by atoms with E-state index in [4.69, 9.17) is 14.1 Å². The average Bonchev–Trinajstić information content (AvgIpc) is 3.20. The fraction of sp³-hybridized carbons (Fsp3) is 0.438. The first kappa shape index (κ1) is 30.6. The van der Waals surface area contributed by atoms with Gasteiger partial charge in [0.25, 0.3) is 0 Å². The Morgan fingerprint density at radius 1 is 1.17 bits per heavy atom. The topological polar surface area (TPSA) is 106 Å². The number of carbonyl (C=O) groups excluding carboxylic acids is 2. The summed E-state index contributed by atoms with van der Waals surface area (Å²) in [5.74, 6) is -0.268. The molecule has 0 bridgehead atoms. The summed E-state index contributed by atoms with van der Waals surface area (Å²) in [6, 6.07) is 13.3. The molecule has 2 aromatic rings. The average molecular weight is 685 g/mol. The summed E-state index contributed by atoms with van der Waals surface area (Å²) in [6.07, 6.45) is 5.61. The summed E-state index contributed by atoms with van der Waals surface area (Å²) in [5.41, 5.74) is 4.14. The van der Waals surface area contributed by atoms with E-state index in [1.54, 1.807) is 7.05 Å². The van der Waals surface area contributed by atoms with Crippen LogP contribution in [0.15, 0.2) is 59.2 Å². The second-order valence-electron chi connectivity index (χ2n) is 11.3. The van der Waals surface area contributed by atoms with Gasteiger partial charge in [-0.15, -0.1) is 0 Å². The van der Waals surface area contributed by atoms with Gasteiger partial charge in [0.2, 0.25) is 11.8 Å². The standard InChI is InChI=1S/C32H37BINO7/c1-4-8-19(13-20-14-25(34)30(36)27(15-20)40-3)11-12-26-28-21(18-41-22-9-6-5-7-10-22)16-23-29(24(28)17-33(39)42-26)32(38)35(2)31(23)37/h5-7,9-10,13-15,23-24,26,29,36,39H,4,8,11-12,16-18H2,1-3H3/b19-13+/t23-,24+,26-,29-/m1/s1. The van der Waals surface area contributed by atoms with Crippen molar-refractivity contribution in [2.45, 2.75) is 51.5 Å². The van der Waals surface area contributed by atoms with Gasteiger partial charge in [0.15, 0.2) is 11.5 Å². The van der Waals surface area contributed by atoms with Crippen molar-refractivity contribution < 1.29 is 33.8 Å². The van der Waals surface area contributed by atoms with Crippen LogP contribution in [0, 0.1) is 21.3 Å².